The summed E-state index contributed by atoms with van der Waals surface area (Å²) in [6, 6.07) is 15.3. The molecule has 2 heteroatoms. The Morgan fingerprint density at radius 3 is 2.70 bits per heavy atom. The van der Waals surface area contributed by atoms with Crippen molar-refractivity contribution in [3.63, 3.8) is 0 Å². The molecule has 0 radical (unpaired) electrons. The highest BCUT2D eigenvalue weighted by Crippen LogP contribution is 2.36. The van der Waals surface area contributed by atoms with Gasteiger partial charge in [-0.3, -0.25) is 0 Å². The third-order valence-electron chi connectivity index (χ3n) is 4.13. The fourth-order valence-corrected chi connectivity index (χ4v) is 3.17. The Morgan fingerprint density at radius 2 is 1.95 bits per heavy atom. The van der Waals surface area contributed by atoms with Gasteiger partial charge in [0.1, 0.15) is 0 Å². The summed E-state index contributed by atoms with van der Waals surface area (Å²) in [5, 5.41) is 0. The Kier molecular flexibility index (Phi) is 3.49. The van der Waals surface area contributed by atoms with Crippen molar-refractivity contribution in [2.24, 2.45) is 11.7 Å². The van der Waals surface area contributed by atoms with Gasteiger partial charge in [0.25, 0.3) is 0 Å². The van der Waals surface area contributed by atoms with Crippen LogP contribution in [-0.2, 0) is 13.0 Å². The van der Waals surface area contributed by atoms with Crippen LogP contribution in [-0.4, -0.2) is 6.54 Å². The van der Waals surface area contributed by atoms with E-state index in [1.165, 1.54) is 34.5 Å². The van der Waals surface area contributed by atoms with Crippen LogP contribution in [0.2, 0.25) is 0 Å². The van der Waals surface area contributed by atoms with Crippen molar-refractivity contribution < 1.29 is 0 Å². The van der Waals surface area contributed by atoms with Crippen molar-refractivity contribution in [2.45, 2.75) is 26.8 Å². The summed E-state index contributed by atoms with van der Waals surface area (Å²) in [5.74, 6) is 0.679. The molecule has 3 rings (SSSR count). The van der Waals surface area contributed by atoms with E-state index in [9.17, 15) is 0 Å². The van der Waals surface area contributed by atoms with Gasteiger partial charge in [0.05, 0.1) is 0 Å². The molecule has 1 unspecified atom stereocenters. The first kappa shape index (κ1) is 13.2. The van der Waals surface area contributed by atoms with Gasteiger partial charge in [-0.1, -0.05) is 37.3 Å². The zero-order valence-electron chi connectivity index (χ0n) is 12.3. The Hall–Kier alpha value is -1.80. The van der Waals surface area contributed by atoms with Crippen molar-refractivity contribution in [1.82, 2.24) is 0 Å². The molecular weight excluding hydrogens is 244 g/mol. The molecule has 2 aromatic rings. The number of hydrogen-bond acceptors (Lipinski definition) is 2. The maximum atomic E-state index is 5.73. The largest absolute Gasteiger partial charge is 0.341 e. The molecule has 1 heterocycles. The monoisotopic (exact) mass is 266 g/mol. The minimum absolute atomic E-state index is 0.605. The van der Waals surface area contributed by atoms with Crippen molar-refractivity contribution in [3.8, 4) is 0 Å². The van der Waals surface area contributed by atoms with Crippen LogP contribution in [0.25, 0.3) is 0 Å². The van der Waals surface area contributed by atoms with Crippen molar-refractivity contribution in [3.05, 3.63) is 59.2 Å². The lowest BCUT2D eigenvalue weighted by Gasteiger charge is -2.35. The van der Waals surface area contributed by atoms with E-state index in [1.807, 2.05) is 0 Å². The molecule has 0 spiro atoms. The first-order valence-corrected chi connectivity index (χ1v) is 7.34. The molecule has 0 fully saturated rings. The van der Waals surface area contributed by atoms with Crippen LogP contribution in [0, 0.1) is 12.8 Å². The van der Waals surface area contributed by atoms with Gasteiger partial charge in [-0.25, -0.2) is 0 Å². The molecule has 2 aromatic carbocycles. The van der Waals surface area contributed by atoms with Crippen molar-refractivity contribution in [2.75, 3.05) is 11.4 Å². The molecule has 20 heavy (non-hydrogen) atoms. The number of rotatable bonds is 2. The van der Waals surface area contributed by atoms with E-state index < -0.39 is 0 Å². The number of nitrogens with zero attached hydrogens (tertiary/aromatic N) is 1. The van der Waals surface area contributed by atoms with Crippen molar-refractivity contribution in [1.29, 1.82) is 0 Å². The van der Waals surface area contributed by atoms with Gasteiger partial charge >= 0.3 is 0 Å². The van der Waals surface area contributed by atoms with E-state index in [0.29, 0.717) is 12.5 Å². The minimum Gasteiger partial charge on any atom is -0.341 e. The molecule has 0 bridgehead atoms. The van der Waals surface area contributed by atoms with Gasteiger partial charge in [0.2, 0.25) is 0 Å². The second kappa shape index (κ2) is 5.29. The Bertz CT molecular complexity index is 619. The normalized spacial score (nSPS) is 17.9. The molecule has 104 valence electrons. The molecule has 0 saturated carbocycles. The number of benzene rings is 2. The smallest absolute Gasteiger partial charge is 0.0443 e. The van der Waals surface area contributed by atoms with Gasteiger partial charge in [0, 0.05) is 24.5 Å². The van der Waals surface area contributed by atoms with E-state index in [0.717, 1.165) is 6.54 Å². The number of anilines is 2. The van der Waals surface area contributed by atoms with Crippen LogP contribution < -0.4 is 10.6 Å². The van der Waals surface area contributed by atoms with Crippen LogP contribution in [0.4, 0.5) is 11.4 Å². The molecule has 2 nitrogen and oxygen atoms in total. The first-order chi connectivity index (χ1) is 9.69. The summed E-state index contributed by atoms with van der Waals surface area (Å²) in [6.45, 7) is 6.19. The van der Waals surface area contributed by atoms with Gasteiger partial charge in [-0.2, -0.15) is 0 Å². The second-order valence-electron chi connectivity index (χ2n) is 5.87. The number of fused-ring (bicyclic) bond motifs is 1. The zero-order valence-corrected chi connectivity index (χ0v) is 12.3. The number of aryl methyl sites for hydroxylation is 1. The standard InChI is InChI=1S/C18H22N2/c1-13-9-16-5-3-4-6-18(16)20(12-13)17-8-7-15(11-19)10-14(17)2/h3-8,10,13H,9,11-12,19H2,1-2H3. The fraction of sp³-hybridized carbons (Fsp3) is 0.333. The molecule has 0 aliphatic carbocycles. The SMILES string of the molecule is Cc1cc(CN)ccc1N1CC(C)Cc2ccccc21. The molecule has 1 aliphatic heterocycles. The van der Waals surface area contributed by atoms with Crippen molar-refractivity contribution >= 4 is 11.4 Å². The lowest BCUT2D eigenvalue weighted by Crippen LogP contribution is -2.30. The summed E-state index contributed by atoms with van der Waals surface area (Å²) >= 11 is 0. The Morgan fingerprint density at radius 1 is 1.15 bits per heavy atom. The van der Waals surface area contributed by atoms with Crippen LogP contribution in [0.5, 0.6) is 0 Å². The number of hydrogen-bond donors (Lipinski definition) is 1. The van der Waals surface area contributed by atoms with E-state index >= 15 is 0 Å². The van der Waals surface area contributed by atoms with E-state index in [4.69, 9.17) is 5.73 Å². The second-order valence-corrected chi connectivity index (χ2v) is 5.87. The van der Waals surface area contributed by atoms with Gasteiger partial charge in [0.15, 0.2) is 0 Å². The molecule has 1 aliphatic rings. The topological polar surface area (TPSA) is 29.3 Å². The summed E-state index contributed by atoms with van der Waals surface area (Å²) in [4.78, 5) is 2.46. The predicted molar refractivity (Wildman–Crippen MR) is 85.4 cm³/mol. The third kappa shape index (κ3) is 2.32. The molecule has 2 N–H and O–H groups in total. The van der Waals surface area contributed by atoms with E-state index in [-0.39, 0.29) is 0 Å². The highest BCUT2D eigenvalue weighted by Gasteiger charge is 2.23. The quantitative estimate of drug-likeness (QED) is 0.896. The molecule has 0 aromatic heterocycles. The number of nitrogens with two attached hydrogens (primary N) is 1. The highest BCUT2D eigenvalue weighted by molar-refractivity contribution is 5.70. The summed E-state index contributed by atoms with van der Waals surface area (Å²) < 4.78 is 0. The average Bonchev–Trinajstić information content (AvgIpc) is 2.46. The van der Waals surface area contributed by atoms with Crippen LogP contribution in [0.1, 0.15) is 23.6 Å². The predicted octanol–water partition coefficient (Wildman–Crippen LogP) is 3.78. The summed E-state index contributed by atoms with van der Waals surface area (Å²) in [7, 11) is 0. The Balaban J connectivity index is 2.06. The number of para-hydroxylation sites is 1. The van der Waals surface area contributed by atoms with Gasteiger partial charge < -0.3 is 10.6 Å². The first-order valence-electron chi connectivity index (χ1n) is 7.34. The van der Waals surface area contributed by atoms with E-state index in [1.54, 1.807) is 0 Å². The highest BCUT2D eigenvalue weighted by atomic mass is 15.1. The van der Waals surface area contributed by atoms with E-state index in [2.05, 4.69) is 61.2 Å². The fourth-order valence-electron chi connectivity index (χ4n) is 3.17. The molecular formula is C18H22N2. The summed E-state index contributed by atoms with van der Waals surface area (Å²) in [6.07, 6.45) is 1.17. The van der Waals surface area contributed by atoms with Crippen LogP contribution >= 0.6 is 0 Å². The molecule has 1 atom stereocenters. The lowest BCUT2D eigenvalue weighted by atomic mass is 9.93. The van der Waals surface area contributed by atoms with Crippen LogP contribution in [0.3, 0.4) is 0 Å². The maximum Gasteiger partial charge on any atom is 0.0443 e. The molecule has 0 saturated heterocycles. The summed E-state index contributed by atoms with van der Waals surface area (Å²) in [5.41, 5.74) is 12.3. The van der Waals surface area contributed by atoms with Crippen LogP contribution in [0.15, 0.2) is 42.5 Å². The maximum absolute atomic E-state index is 5.73. The minimum atomic E-state index is 0.605. The zero-order chi connectivity index (χ0) is 14.1. The molecule has 0 amide bonds. The average molecular weight is 266 g/mol. The Labute approximate surface area is 121 Å². The van der Waals surface area contributed by atoms with Gasteiger partial charge in [-0.05, 0) is 48.1 Å². The van der Waals surface area contributed by atoms with Gasteiger partial charge in [-0.15, -0.1) is 0 Å². The lowest BCUT2D eigenvalue weighted by molar-refractivity contribution is 0.562. The third-order valence-corrected chi connectivity index (χ3v) is 4.13.